The average molecular weight is 310 g/mol. The van der Waals surface area contributed by atoms with Crippen LogP contribution >= 0.6 is 11.3 Å². The number of nitrogens with one attached hydrogen (secondary N) is 1. The molecule has 6 heteroatoms. The highest BCUT2D eigenvalue weighted by atomic mass is 32.1. The minimum Gasteiger partial charge on any atom is -0.396 e. The molecule has 2 aliphatic rings. The van der Waals surface area contributed by atoms with Gasteiger partial charge in [-0.1, -0.05) is 0 Å². The molecule has 116 valence electrons. The highest BCUT2D eigenvalue weighted by Crippen LogP contribution is 2.29. The number of carbonyl (C=O) groups excluding carboxylic acids is 1. The third-order valence-corrected chi connectivity index (χ3v) is 5.10. The molecule has 3 rings (SSSR count). The highest BCUT2D eigenvalue weighted by Gasteiger charge is 2.40. The molecule has 2 N–H and O–H groups in total. The molecule has 0 aliphatic carbocycles. The fraction of sp³-hybridized carbons (Fsp3) is 0.667. The lowest BCUT2D eigenvalue weighted by Crippen LogP contribution is -2.55. The van der Waals surface area contributed by atoms with Crippen molar-refractivity contribution in [3.8, 4) is 0 Å². The van der Waals surface area contributed by atoms with Gasteiger partial charge >= 0.3 is 0 Å². The quantitative estimate of drug-likeness (QED) is 0.850. The van der Waals surface area contributed by atoms with Crippen LogP contribution in [0.25, 0.3) is 0 Å². The summed E-state index contributed by atoms with van der Waals surface area (Å²) < 4.78 is 5.24. The Morgan fingerprint density at radius 3 is 2.76 bits per heavy atom. The van der Waals surface area contributed by atoms with Crippen LogP contribution in [0.2, 0.25) is 0 Å². The maximum atomic E-state index is 12.0. The molecule has 0 spiro atoms. The van der Waals surface area contributed by atoms with Crippen LogP contribution in [-0.4, -0.2) is 61.4 Å². The van der Waals surface area contributed by atoms with Gasteiger partial charge in [-0.3, -0.25) is 4.79 Å². The molecule has 2 saturated heterocycles. The van der Waals surface area contributed by atoms with E-state index in [1.165, 1.54) is 0 Å². The number of nitrogens with zero attached hydrogens (tertiary/aromatic N) is 1. The molecule has 5 nitrogen and oxygen atoms in total. The summed E-state index contributed by atoms with van der Waals surface area (Å²) in [6, 6.07) is 2.12. The molecule has 0 atom stereocenters. The zero-order chi connectivity index (χ0) is 14.7. The van der Waals surface area contributed by atoms with Crippen LogP contribution < -0.4 is 5.32 Å². The summed E-state index contributed by atoms with van der Waals surface area (Å²) >= 11 is 1.54. The van der Waals surface area contributed by atoms with Crippen LogP contribution in [0.15, 0.2) is 16.8 Å². The van der Waals surface area contributed by atoms with Gasteiger partial charge in [0.2, 0.25) is 0 Å². The standard InChI is InChI=1S/C15H22N2O3S/c18-9-15(10-20-11-15)8-17-4-1-13(2-5-17)16-14(19)12-3-6-21-7-12/h3,6-7,13,18H,1-2,4-5,8-11H2,(H,16,19). The molecule has 0 unspecified atom stereocenters. The van der Waals surface area contributed by atoms with Gasteiger partial charge < -0.3 is 20.1 Å². The number of aliphatic hydroxyl groups excluding tert-OH is 1. The van der Waals surface area contributed by atoms with Crippen molar-refractivity contribution in [3.05, 3.63) is 22.4 Å². The molecule has 0 bridgehead atoms. The molecular weight excluding hydrogens is 288 g/mol. The summed E-state index contributed by atoms with van der Waals surface area (Å²) in [6.45, 7) is 4.36. The predicted molar refractivity (Wildman–Crippen MR) is 81.6 cm³/mol. The number of amides is 1. The lowest BCUT2D eigenvalue weighted by Gasteiger charge is -2.45. The van der Waals surface area contributed by atoms with E-state index in [-0.39, 0.29) is 24.0 Å². The maximum absolute atomic E-state index is 12.0. The Morgan fingerprint density at radius 2 is 2.24 bits per heavy atom. The number of piperidine rings is 1. The second-order valence-corrected chi connectivity index (χ2v) is 6.97. The molecule has 2 aliphatic heterocycles. The lowest BCUT2D eigenvalue weighted by atomic mass is 9.85. The summed E-state index contributed by atoms with van der Waals surface area (Å²) in [6.07, 6.45) is 1.94. The largest absolute Gasteiger partial charge is 0.396 e. The number of ether oxygens (including phenoxy) is 1. The third kappa shape index (κ3) is 3.45. The highest BCUT2D eigenvalue weighted by molar-refractivity contribution is 7.08. The number of rotatable bonds is 5. The zero-order valence-corrected chi connectivity index (χ0v) is 12.9. The summed E-state index contributed by atoms with van der Waals surface area (Å²) in [4.78, 5) is 14.4. The Labute approximate surface area is 128 Å². The first-order valence-corrected chi connectivity index (χ1v) is 8.39. The third-order valence-electron chi connectivity index (χ3n) is 4.42. The molecule has 3 heterocycles. The zero-order valence-electron chi connectivity index (χ0n) is 12.1. The number of hydrogen-bond acceptors (Lipinski definition) is 5. The van der Waals surface area contributed by atoms with Crippen molar-refractivity contribution in [2.24, 2.45) is 5.41 Å². The molecule has 2 fully saturated rings. The number of likely N-dealkylation sites (tertiary alicyclic amines) is 1. The molecular formula is C15H22N2O3S. The number of aliphatic hydroxyl groups is 1. The Kier molecular flexibility index (Phi) is 4.59. The Balaban J connectivity index is 1.44. The van der Waals surface area contributed by atoms with E-state index in [0.717, 1.165) is 38.0 Å². The van der Waals surface area contributed by atoms with E-state index in [0.29, 0.717) is 13.2 Å². The average Bonchev–Trinajstić information content (AvgIpc) is 2.99. The molecule has 1 aromatic heterocycles. The van der Waals surface area contributed by atoms with Crippen LogP contribution in [0.1, 0.15) is 23.2 Å². The fourth-order valence-corrected chi connectivity index (χ4v) is 3.63. The van der Waals surface area contributed by atoms with Gasteiger partial charge in [0.25, 0.3) is 5.91 Å². The van der Waals surface area contributed by atoms with E-state index in [9.17, 15) is 9.90 Å². The molecule has 21 heavy (non-hydrogen) atoms. The smallest absolute Gasteiger partial charge is 0.252 e. The molecule has 0 aromatic carbocycles. The normalized spacial score (nSPS) is 22.7. The molecule has 1 amide bonds. The predicted octanol–water partition coefficient (Wildman–Crippen LogP) is 0.951. The van der Waals surface area contributed by atoms with E-state index < -0.39 is 0 Å². The monoisotopic (exact) mass is 310 g/mol. The fourth-order valence-electron chi connectivity index (χ4n) is 3.00. The van der Waals surface area contributed by atoms with Crippen molar-refractivity contribution in [1.82, 2.24) is 10.2 Å². The maximum Gasteiger partial charge on any atom is 0.252 e. The first-order valence-electron chi connectivity index (χ1n) is 7.45. The van der Waals surface area contributed by atoms with E-state index in [1.54, 1.807) is 11.3 Å². The SMILES string of the molecule is O=C(NC1CCN(CC2(CO)COC2)CC1)c1ccsc1. The molecule has 0 radical (unpaired) electrons. The summed E-state index contributed by atoms with van der Waals surface area (Å²) in [5.41, 5.74) is 0.709. The van der Waals surface area contributed by atoms with Crippen molar-refractivity contribution in [1.29, 1.82) is 0 Å². The Hall–Kier alpha value is -0.950. The minimum atomic E-state index is -0.0488. The van der Waals surface area contributed by atoms with E-state index >= 15 is 0 Å². The second-order valence-electron chi connectivity index (χ2n) is 6.19. The van der Waals surface area contributed by atoms with Crippen LogP contribution in [-0.2, 0) is 4.74 Å². The van der Waals surface area contributed by atoms with Gasteiger partial charge in [-0.15, -0.1) is 0 Å². The van der Waals surface area contributed by atoms with Crippen molar-refractivity contribution in [3.63, 3.8) is 0 Å². The topological polar surface area (TPSA) is 61.8 Å². The van der Waals surface area contributed by atoms with Gasteiger partial charge in [0.15, 0.2) is 0 Å². The van der Waals surface area contributed by atoms with Crippen LogP contribution in [0.3, 0.4) is 0 Å². The first-order chi connectivity index (χ1) is 10.2. The second kappa shape index (κ2) is 6.44. The van der Waals surface area contributed by atoms with Crippen LogP contribution in [0, 0.1) is 5.41 Å². The van der Waals surface area contributed by atoms with Gasteiger partial charge in [-0.25, -0.2) is 0 Å². The lowest BCUT2D eigenvalue weighted by molar-refractivity contribution is -0.149. The van der Waals surface area contributed by atoms with E-state index in [1.807, 2.05) is 16.8 Å². The van der Waals surface area contributed by atoms with E-state index in [4.69, 9.17) is 4.74 Å². The van der Waals surface area contributed by atoms with E-state index in [2.05, 4.69) is 10.2 Å². The van der Waals surface area contributed by atoms with Gasteiger partial charge in [-0.2, -0.15) is 11.3 Å². The first kappa shape index (κ1) is 15.0. The van der Waals surface area contributed by atoms with Gasteiger partial charge in [0, 0.05) is 36.6 Å². The van der Waals surface area contributed by atoms with Gasteiger partial charge in [0.1, 0.15) is 0 Å². The van der Waals surface area contributed by atoms with Crippen LogP contribution in [0.5, 0.6) is 0 Å². The number of carbonyl (C=O) groups is 1. The Morgan fingerprint density at radius 1 is 1.48 bits per heavy atom. The van der Waals surface area contributed by atoms with Crippen molar-refractivity contribution >= 4 is 17.2 Å². The van der Waals surface area contributed by atoms with Crippen molar-refractivity contribution < 1.29 is 14.6 Å². The van der Waals surface area contributed by atoms with Gasteiger partial charge in [0.05, 0.1) is 25.2 Å². The Bertz CT molecular complexity index is 460. The summed E-state index contributed by atoms with van der Waals surface area (Å²) in [7, 11) is 0. The van der Waals surface area contributed by atoms with Crippen molar-refractivity contribution in [2.75, 3.05) is 39.5 Å². The van der Waals surface area contributed by atoms with Crippen LogP contribution in [0.4, 0.5) is 0 Å². The molecule has 0 saturated carbocycles. The summed E-state index contributed by atoms with van der Waals surface area (Å²) in [5.74, 6) is 0.0360. The van der Waals surface area contributed by atoms with Crippen molar-refractivity contribution in [2.45, 2.75) is 18.9 Å². The minimum absolute atomic E-state index is 0.0360. The molecule has 1 aromatic rings. The summed E-state index contributed by atoms with van der Waals surface area (Å²) in [5, 5.41) is 16.4. The van der Waals surface area contributed by atoms with Gasteiger partial charge in [-0.05, 0) is 24.3 Å². The number of thiophene rings is 1. The number of hydrogen-bond donors (Lipinski definition) is 2.